The van der Waals surface area contributed by atoms with Gasteiger partial charge in [0.25, 0.3) is 0 Å². The average Bonchev–Trinajstić information content (AvgIpc) is 2.28. The Hall–Kier alpha value is -0.180. The summed E-state index contributed by atoms with van der Waals surface area (Å²) in [6, 6.07) is 0.616. The molecule has 1 aliphatic heterocycles. The minimum atomic E-state index is 0.468. The molecule has 1 unspecified atom stereocenters. The lowest BCUT2D eigenvalue weighted by atomic mass is 9.80. The average molecular weight is 254 g/mol. The van der Waals surface area contributed by atoms with Gasteiger partial charge in [0.2, 0.25) is 0 Å². The molecule has 3 heteroatoms. The summed E-state index contributed by atoms with van der Waals surface area (Å²) in [5.74, 6) is 2.13. The summed E-state index contributed by atoms with van der Waals surface area (Å²) in [6.45, 7) is 7.94. The Kier molecular flexibility index (Phi) is 4.40. The summed E-state index contributed by atoms with van der Waals surface area (Å²) in [7, 11) is 0. The van der Waals surface area contributed by atoms with Gasteiger partial charge in [-0.3, -0.25) is 4.99 Å². The summed E-state index contributed by atoms with van der Waals surface area (Å²) in [5.41, 5.74) is 0.468. The van der Waals surface area contributed by atoms with E-state index < -0.39 is 0 Å². The van der Waals surface area contributed by atoms with Crippen LogP contribution in [-0.2, 0) is 0 Å². The Balaban J connectivity index is 1.85. The van der Waals surface area contributed by atoms with E-state index in [4.69, 9.17) is 4.99 Å². The molecule has 1 heterocycles. The number of thioether (sulfide) groups is 1. The van der Waals surface area contributed by atoms with E-state index >= 15 is 0 Å². The van der Waals surface area contributed by atoms with Crippen LogP contribution in [0.15, 0.2) is 4.99 Å². The van der Waals surface area contributed by atoms with E-state index in [1.165, 1.54) is 43.0 Å². The molecule has 2 aliphatic rings. The first-order valence-corrected chi connectivity index (χ1v) is 8.11. The van der Waals surface area contributed by atoms with E-state index in [0.29, 0.717) is 11.5 Å². The molecule has 0 aromatic carbocycles. The molecule has 0 aromatic heterocycles. The molecular weight excluding hydrogens is 228 g/mol. The van der Waals surface area contributed by atoms with E-state index in [9.17, 15) is 0 Å². The second-order valence-electron chi connectivity index (χ2n) is 5.74. The predicted octanol–water partition coefficient (Wildman–Crippen LogP) is 3.67. The van der Waals surface area contributed by atoms with Gasteiger partial charge in [-0.05, 0) is 43.9 Å². The summed E-state index contributed by atoms with van der Waals surface area (Å²) in [5, 5.41) is 4.82. The topological polar surface area (TPSA) is 24.4 Å². The maximum absolute atomic E-state index is 4.77. The van der Waals surface area contributed by atoms with Crippen molar-refractivity contribution >= 4 is 16.9 Å². The molecule has 0 spiro atoms. The monoisotopic (exact) mass is 254 g/mol. The molecule has 0 amide bonds. The molecular formula is C14H26N2S. The van der Waals surface area contributed by atoms with Gasteiger partial charge in [0.1, 0.15) is 0 Å². The van der Waals surface area contributed by atoms with Gasteiger partial charge in [-0.25, -0.2) is 0 Å². The van der Waals surface area contributed by atoms with Gasteiger partial charge < -0.3 is 5.32 Å². The van der Waals surface area contributed by atoms with Gasteiger partial charge in [-0.2, -0.15) is 0 Å². The Morgan fingerprint density at radius 3 is 2.53 bits per heavy atom. The zero-order chi connectivity index (χ0) is 12.3. The largest absolute Gasteiger partial charge is 0.362 e. The van der Waals surface area contributed by atoms with Crippen molar-refractivity contribution < 1.29 is 0 Å². The quantitative estimate of drug-likeness (QED) is 0.827. The van der Waals surface area contributed by atoms with Gasteiger partial charge in [0, 0.05) is 18.3 Å². The van der Waals surface area contributed by atoms with E-state index in [-0.39, 0.29) is 0 Å². The fourth-order valence-electron chi connectivity index (χ4n) is 2.57. The van der Waals surface area contributed by atoms with Crippen molar-refractivity contribution in [3.05, 3.63) is 0 Å². The zero-order valence-corrected chi connectivity index (χ0v) is 12.3. The van der Waals surface area contributed by atoms with Crippen LogP contribution in [0.4, 0.5) is 0 Å². The molecule has 0 aromatic rings. The highest BCUT2D eigenvalue weighted by molar-refractivity contribution is 8.13. The second-order valence-corrected chi connectivity index (χ2v) is 6.71. The number of amidine groups is 1. The van der Waals surface area contributed by atoms with Crippen LogP contribution in [0.2, 0.25) is 0 Å². The standard InChI is InChI=1S/C14H26N2S/c1-4-14(5-2)9-15-13(17-10-14)16-11(3)12-7-6-8-12/h11-12H,4-10H2,1-3H3,(H,15,16). The van der Waals surface area contributed by atoms with E-state index in [1.807, 2.05) is 11.8 Å². The van der Waals surface area contributed by atoms with E-state index in [2.05, 4.69) is 26.1 Å². The number of aliphatic imine (C=N–C) groups is 1. The lowest BCUT2D eigenvalue weighted by Crippen LogP contribution is -2.42. The molecule has 0 saturated heterocycles. The van der Waals surface area contributed by atoms with Gasteiger partial charge in [0.05, 0.1) is 0 Å². The molecule has 1 aliphatic carbocycles. The third kappa shape index (κ3) is 2.98. The number of rotatable bonds is 4. The Labute approximate surface area is 110 Å². The molecule has 1 N–H and O–H groups in total. The predicted molar refractivity (Wildman–Crippen MR) is 77.7 cm³/mol. The lowest BCUT2D eigenvalue weighted by molar-refractivity contribution is 0.258. The van der Waals surface area contributed by atoms with Crippen molar-refractivity contribution in [1.82, 2.24) is 5.32 Å². The Morgan fingerprint density at radius 2 is 2.12 bits per heavy atom. The summed E-state index contributed by atoms with van der Waals surface area (Å²) < 4.78 is 0. The van der Waals surface area contributed by atoms with Crippen molar-refractivity contribution in [2.75, 3.05) is 12.3 Å². The van der Waals surface area contributed by atoms with Crippen LogP contribution in [0.1, 0.15) is 52.9 Å². The number of hydrogen-bond acceptors (Lipinski definition) is 3. The number of nitrogens with one attached hydrogen (secondary N) is 1. The molecule has 2 rings (SSSR count). The van der Waals surface area contributed by atoms with Crippen LogP contribution < -0.4 is 5.32 Å². The SMILES string of the molecule is CCC1(CC)CN=C(NC(C)C2CCC2)SC1. The van der Waals surface area contributed by atoms with Crippen LogP contribution in [0.5, 0.6) is 0 Å². The first kappa shape index (κ1) is 13.3. The fraction of sp³-hybridized carbons (Fsp3) is 0.929. The highest BCUT2D eigenvalue weighted by Crippen LogP contribution is 2.35. The number of hydrogen-bond donors (Lipinski definition) is 1. The summed E-state index contributed by atoms with van der Waals surface area (Å²) in [4.78, 5) is 4.77. The smallest absolute Gasteiger partial charge is 0.156 e. The van der Waals surface area contributed by atoms with Crippen molar-refractivity contribution in [3.63, 3.8) is 0 Å². The van der Waals surface area contributed by atoms with Crippen molar-refractivity contribution in [1.29, 1.82) is 0 Å². The Bertz CT molecular complexity index is 280. The molecule has 0 radical (unpaired) electrons. The van der Waals surface area contributed by atoms with Gasteiger partial charge in [0.15, 0.2) is 5.17 Å². The maximum Gasteiger partial charge on any atom is 0.156 e. The molecule has 98 valence electrons. The fourth-order valence-corrected chi connectivity index (χ4v) is 3.94. The third-order valence-corrected chi connectivity index (χ3v) is 6.06. The van der Waals surface area contributed by atoms with E-state index in [0.717, 1.165) is 12.5 Å². The molecule has 17 heavy (non-hydrogen) atoms. The normalized spacial score (nSPS) is 25.9. The number of nitrogens with zero attached hydrogens (tertiary/aromatic N) is 1. The van der Waals surface area contributed by atoms with Crippen molar-refractivity contribution in [2.24, 2.45) is 16.3 Å². The lowest BCUT2D eigenvalue weighted by Gasteiger charge is -2.36. The highest BCUT2D eigenvalue weighted by atomic mass is 32.2. The first-order chi connectivity index (χ1) is 8.19. The van der Waals surface area contributed by atoms with Crippen LogP contribution in [0.3, 0.4) is 0 Å². The third-order valence-electron chi connectivity index (χ3n) is 4.78. The molecule has 1 fully saturated rings. The highest BCUT2D eigenvalue weighted by Gasteiger charge is 2.31. The second kappa shape index (κ2) is 5.64. The minimum absolute atomic E-state index is 0.468. The van der Waals surface area contributed by atoms with Crippen LogP contribution in [0.25, 0.3) is 0 Å². The molecule has 2 nitrogen and oxygen atoms in total. The minimum Gasteiger partial charge on any atom is -0.362 e. The van der Waals surface area contributed by atoms with Gasteiger partial charge >= 0.3 is 0 Å². The molecule has 1 saturated carbocycles. The van der Waals surface area contributed by atoms with Crippen LogP contribution in [0, 0.1) is 11.3 Å². The summed E-state index contributed by atoms with van der Waals surface area (Å²) >= 11 is 1.94. The van der Waals surface area contributed by atoms with Gasteiger partial charge in [-0.1, -0.05) is 32.0 Å². The maximum atomic E-state index is 4.77. The van der Waals surface area contributed by atoms with Crippen LogP contribution in [-0.4, -0.2) is 23.5 Å². The first-order valence-electron chi connectivity index (χ1n) is 7.13. The zero-order valence-electron chi connectivity index (χ0n) is 11.5. The van der Waals surface area contributed by atoms with E-state index in [1.54, 1.807) is 0 Å². The van der Waals surface area contributed by atoms with Crippen LogP contribution >= 0.6 is 11.8 Å². The Morgan fingerprint density at radius 1 is 1.41 bits per heavy atom. The van der Waals surface area contributed by atoms with Gasteiger partial charge in [-0.15, -0.1) is 0 Å². The van der Waals surface area contributed by atoms with Crippen molar-refractivity contribution in [3.8, 4) is 0 Å². The molecule has 0 bridgehead atoms. The van der Waals surface area contributed by atoms with Crippen molar-refractivity contribution in [2.45, 2.75) is 58.9 Å². The molecule has 1 atom stereocenters. The summed E-state index contributed by atoms with van der Waals surface area (Å²) in [6.07, 6.45) is 6.74.